The Balaban J connectivity index is 2.60. The average molecular weight is 385 g/mol. The van der Waals surface area contributed by atoms with E-state index in [0.29, 0.717) is 6.54 Å². The number of rotatable bonds is 8. The van der Waals surface area contributed by atoms with Gasteiger partial charge in [0.1, 0.15) is 0 Å². The first-order valence-electron chi connectivity index (χ1n) is 10.5. The molecule has 0 aromatic heterocycles. The summed E-state index contributed by atoms with van der Waals surface area (Å²) in [7, 11) is 0. The van der Waals surface area contributed by atoms with Gasteiger partial charge in [-0.15, -0.1) is 0 Å². The molecule has 0 fully saturated rings. The van der Waals surface area contributed by atoms with Crippen molar-refractivity contribution in [2.75, 3.05) is 6.54 Å². The van der Waals surface area contributed by atoms with Crippen LogP contribution in [0.3, 0.4) is 0 Å². The summed E-state index contributed by atoms with van der Waals surface area (Å²) in [6.07, 6.45) is 16.5. The lowest BCUT2D eigenvalue weighted by molar-refractivity contribution is -0.123. The fraction of sp³-hybridized carbons (Fsp3) is 0.560. The Morgan fingerprint density at radius 1 is 1.21 bits per heavy atom. The van der Waals surface area contributed by atoms with Crippen LogP contribution in [0.5, 0.6) is 0 Å². The molecule has 0 aliphatic heterocycles. The van der Waals surface area contributed by atoms with E-state index in [0.717, 1.165) is 5.57 Å². The van der Waals surface area contributed by atoms with Gasteiger partial charge in [-0.3, -0.25) is 4.79 Å². The van der Waals surface area contributed by atoms with Crippen molar-refractivity contribution < 1.29 is 4.79 Å². The molecule has 0 radical (unpaired) electrons. The van der Waals surface area contributed by atoms with Gasteiger partial charge in [-0.05, 0) is 56.9 Å². The first-order chi connectivity index (χ1) is 13.0. The van der Waals surface area contributed by atoms with Crippen LogP contribution >= 0.6 is 0 Å². The predicted molar refractivity (Wildman–Crippen MR) is 122 cm³/mol. The summed E-state index contributed by atoms with van der Waals surface area (Å²) < 4.78 is 0. The number of hydrogen-bond donors (Lipinski definition) is 2. The standard InChI is InChI=1S/C25H40N2O/c1-18(2)23(26)24(28)27-17-15-20(4)11-8-10-19(3)13-14-22-21(5)12-9-16-25(22,6)7/h8,10-11,13-15,18,23H,9,12,16-17,26H2,1-7H3,(H,27,28)/b11-8+,14-13+,19-10+,20-15+/t23-/m1/s1. The van der Waals surface area contributed by atoms with Gasteiger partial charge in [0.2, 0.25) is 5.91 Å². The Bertz CT molecular complexity index is 687. The van der Waals surface area contributed by atoms with Gasteiger partial charge in [-0.25, -0.2) is 0 Å². The molecule has 1 aliphatic carbocycles. The van der Waals surface area contributed by atoms with Crippen molar-refractivity contribution in [1.29, 1.82) is 0 Å². The quantitative estimate of drug-likeness (QED) is 0.534. The Labute approximate surface area is 172 Å². The van der Waals surface area contributed by atoms with Gasteiger partial charge in [0.15, 0.2) is 0 Å². The van der Waals surface area contributed by atoms with E-state index in [2.05, 4.69) is 63.4 Å². The normalized spacial score (nSPS) is 19.8. The lowest BCUT2D eigenvalue weighted by Crippen LogP contribution is -2.43. The van der Waals surface area contributed by atoms with Crippen LogP contribution in [0, 0.1) is 11.3 Å². The second-order valence-electron chi connectivity index (χ2n) is 9.00. The molecule has 0 bridgehead atoms. The summed E-state index contributed by atoms with van der Waals surface area (Å²) in [6.45, 7) is 15.5. The number of amides is 1. The highest BCUT2D eigenvalue weighted by Crippen LogP contribution is 2.40. The smallest absolute Gasteiger partial charge is 0.237 e. The minimum absolute atomic E-state index is 0.0980. The van der Waals surface area contributed by atoms with Crippen LogP contribution in [0.25, 0.3) is 0 Å². The van der Waals surface area contributed by atoms with E-state index in [1.54, 1.807) is 0 Å². The van der Waals surface area contributed by atoms with Crippen molar-refractivity contribution in [3.05, 3.63) is 58.7 Å². The largest absolute Gasteiger partial charge is 0.351 e. The molecular formula is C25H40N2O. The molecule has 0 aromatic rings. The highest BCUT2D eigenvalue weighted by atomic mass is 16.2. The molecule has 3 heteroatoms. The fourth-order valence-corrected chi connectivity index (χ4v) is 3.43. The average Bonchev–Trinajstić information content (AvgIpc) is 2.59. The third kappa shape index (κ3) is 8.02. The maximum Gasteiger partial charge on any atom is 0.237 e. The van der Waals surface area contributed by atoms with Gasteiger partial charge in [0, 0.05) is 6.54 Å². The van der Waals surface area contributed by atoms with Gasteiger partial charge in [0.25, 0.3) is 0 Å². The number of carbonyl (C=O) groups excluding carboxylic acids is 1. The summed E-state index contributed by atoms with van der Waals surface area (Å²) in [5.74, 6) is 0.0454. The molecule has 3 nitrogen and oxygen atoms in total. The Morgan fingerprint density at radius 2 is 1.89 bits per heavy atom. The Hall–Kier alpha value is -1.87. The third-order valence-corrected chi connectivity index (χ3v) is 5.49. The van der Waals surface area contributed by atoms with E-state index in [9.17, 15) is 4.79 Å². The van der Waals surface area contributed by atoms with Crippen molar-refractivity contribution >= 4 is 5.91 Å². The van der Waals surface area contributed by atoms with E-state index in [4.69, 9.17) is 5.73 Å². The molecule has 156 valence electrons. The molecule has 0 heterocycles. The van der Waals surface area contributed by atoms with Crippen LogP contribution in [0.2, 0.25) is 0 Å². The van der Waals surface area contributed by atoms with Crippen LogP contribution in [0.4, 0.5) is 0 Å². The molecule has 0 saturated heterocycles. The van der Waals surface area contributed by atoms with E-state index in [1.165, 1.54) is 36.0 Å². The van der Waals surface area contributed by atoms with Crippen LogP contribution < -0.4 is 11.1 Å². The summed E-state index contributed by atoms with van der Waals surface area (Å²) in [5, 5.41) is 2.86. The molecule has 1 atom stereocenters. The van der Waals surface area contributed by atoms with Crippen LogP contribution in [-0.4, -0.2) is 18.5 Å². The third-order valence-electron chi connectivity index (χ3n) is 5.49. The minimum Gasteiger partial charge on any atom is -0.351 e. The zero-order valence-corrected chi connectivity index (χ0v) is 18.9. The lowest BCUT2D eigenvalue weighted by atomic mass is 9.72. The molecule has 0 spiro atoms. The maximum absolute atomic E-state index is 11.8. The van der Waals surface area contributed by atoms with Crippen molar-refractivity contribution in [2.24, 2.45) is 17.1 Å². The summed E-state index contributed by atoms with van der Waals surface area (Å²) in [6, 6.07) is -0.450. The second-order valence-corrected chi connectivity index (χ2v) is 9.00. The summed E-state index contributed by atoms with van der Waals surface area (Å²) in [5.41, 5.74) is 11.5. The van der Waals surface area contributed by atoms with Crippen LogP contribution in [0.1, 0.15) is 67.7 Å². The fourth-order valence-electron chi connectivity index (χ4n) is 3.43. The Kier molecular flexibility index (Phi) is 9.68. The number of allylic oxidation sites excluding steroid dienone is 9. The summed E-state index contributed by atoms with van der Waals surface area (Å²) >= 11 is 0. The van der Waals surface area contributed by atoms with Gasteiger partial charge >= 0.3 is 0 Å². The molecular weight excluding hydrogens is 344 g/mol. The molecule has 3 N–H and O–H groups in total. The van der Waals surface area contributed by atoms with Crippen LogP contribution in [-0.2, 0) is 4.79 Å². The van der Waals surface area contributed by atoms with Crippen molar-refractivity contribution in [2.45, 2.75) is 73.8 Å². The van der Waals surface area contributed by atoms with E-state index >= 15 is 0 Å². The molecule has 1 aliphatic rings. The van der Waals surface area contributed by atoms with Gasteiger partial charge in [-0.2, -0.15) is 0 Å². The number of carbonyl (C=O) groups is 1. The highest BCUT2D eigenvalue weighted by molar-refractivity contribution is 5.81. The van der Waals surface area contributed by atoms with E-state index in [1.807, 2.05) is 26.8 Å². The predicted octanol–water partition coefficient (Wildman–Crippen LogP) is 5.62. The lowest BCUT2D eigenvalue weighted by Gasteiger charge is -2.32. The molecule has 28 heavy (non-hydrogen) atoms. The van der Waals surface area contributed by atoms with Crippen molar-refractivity contribution in [3.63, 3.8) is 0 Å². The molecule has 1 rings (SSSR count). The highest BCUT2D eigenvalue weighted by Gasteiger charge is 2.26. The number of nitrogens with one attached hydrogen (secondary N) is 1. The zero-order valence-electron chi connectivity index (χ0n) is 18.9. The monoisotopic (exact) mass is 384 g/mol. The summed E-state index contributed by atoms with van der Waals surface area (Å²) in [4.78, 5) is 11.8. The minimum atomic E-state index is -0.450. The van der Waals surface area contributed by atoms with Crippen molar-refractivity contribution in [3.8, 4) is 0 Å². The van der Waals surface area contributed by atoms with Gasteiger partial charge < -0.3 is 11.1 Å². The van der Waals surface area contributed by atoms with Gasteiger partial charge in [0.05, 0.1) is 6.04 Å². The maximum atomic E-state index is 11.8. The molecule has 0 saturated carbocycles. The number of hydrogen-bond acceptors (Lipinski definition) is 2. The van der Waals surface area contributed by atoms with Crippen molar-refractivity contribution in [1.82, 2.24) is 5.32 Å². The topological polar surface area (TPSA) is 55.1 Å². The number of nitrogens with two attached hydrogens (primary N) is 1. The van der Waals surface area contributed by atoms with E-state index < -0.39 is 6.04 Å². The second kappa shape index (κ2) is 11.2. The SMILES string of the molecule is CC1=C(/C=C/C(C)=C/C=C/C(C)=C/CNC(=O)[C@H](N)C(C)C)C(C)(C)CCC1. The molecule has 1 amide bonds. The molecule has 0 aromatic carbocycles. The first-order valence-corrected chi connectivity index (χ1v) is 10.5. The van der Waals surface area contributed by atoms with Crippen LogP contribution in [0.15, 0.2) is 58.7 Å². The first kappa shape index (κ1) is 24.2. The zero-order chi connectivity index (χ0) is 21.3. The van der Waals surface area contributed by atoms with E-state index in [-0.39, 0.29) is 17.2 Å². The van der Waals surface area contributed by atoms with Gasteiger partial charge in [-0.1, -0.05) is 80.9 Å². The Morgan fingerprint density at radius 3 is 2.50 bits per heavy atom. The molecule has 0 unspecified atom stereocenters.